The van der Waals surface area contributed by atoms with Crippen LogP contribution in [0, 0.1) is 19.8 Å². The van der Waals surface area contributed by atoms with Crippen molar-refractivity contribution >= 4 is 34.6 Å². The molecule has 2 N–H and O–H groups in total. The van der Waals surface area contributed by atoms with Crippen molar-refractivity contribution in [1.82, 2.24) is 9.88 Å². The molecule has 1 unspecified atom stereocenters. The Morgan fingerprint density at radius 2 is 1.83 bits per heavy atom. The summed E-state index contributed by atoms with van der Waals surface area (Å²) >= 11 is 0. The topological polar surface area (TPSA) is 105 Å². The van der Waals surface area contributed by atoms with E-state index < -0.39 is 12.2 Å². The van der Waals surface area contributed by atoms with Gasteiger partial charge in [-0.1, -0.05) is 24.3 Å². The van der Waals surface area contributed by atoms with Gasteiger partial charge >= 0.3 is 5.97 Å². The van der Waals surface area contributed by atoms with E-state index in [0.29, 0.717) is 36.0 Å². The average Bonchev–Trinajstić information content (AvgIpc) is 3.54. The van der Waals surface area contributed by atoms with Gasteiger partial charge in [0.15, 0.2) is 11.4 Å². The summed E-state index contributed by atoms with van der Waals surface area (Å²) in [5.74, 6) is -0.695. The minimum Gasteiger partial charge on any atom is -0.478 e. The van der Waals surface area contributed by atoms with Crippen molar-refractivity contribution in [2.75, 3.05) is 18.4 Å². The molecule has 2 heterocycles. The number of oxazole rings is 1. The summed E-state index contributed by atoms with van der Waals surface area (Å²) in [6, 6.07) is 19.8. The molecule has 1 fully saturated rings. The first kappa shape index (κ1) is 23.6. The predicted octanol–water partition coefficient (Wildman–Crippen LogP) is 4.82. The molecule has 0 aliphatic carbocycles. The smallest absolute Gasteiger partial charge is 0.335 e. The molecule has 1 aliphatic heterocycles. The number of nitrogens with one attached hydrogen (secondary N) is 1. The maximum absolute atomic E-state index is 13.4. The van der Waals surface area contributed by atoms with Crippen LogP contribution in [0.2, 0.25) is 0 Å². The minimum absolute atomic E-state index is 0.113. The molecule has 0 saturated carbocycles. The largest absolute Gasteiger partial charge is 0.478 e. The Balaban J connectivity index is 1.32. The molecule has 182 valence electrons. The second kappa shape index (κ2) is 10.2. The highest BCUT2D eigenvalue weighted by Crippen LogP contribution is 2.26. The van der Waals surface area contributed by atoms with Crippen molar-refractivity contribution in [3.8, 4) is 5.75 Å². The summed E-state index contributed by atoms with van der Waals surface area (Å²) in [7, 11) is 0. The number of carbonyl (C=O) groups is 2. The summed E-state index contributed by atoms with van der Waals surface area (Å²) in [5.41, 5.74) is 4.21. The van der Waals surface area contributed by atoms with E-state index in [2.05, 4.69) is 10.3 Å². The standard InChI is InChI=1S/C28H25N3O5/c1-18-6-2-3-7-22(18)29-28-30-23-13-8-19(17-25(23)36-28)16-24(32)26(31-14-4-5-15-31)35-21-11-9-20(10-12-21)27(33)34/h2-13,17,26H,14-16H2,1H3,(H,29,30)(H,33,34). The summed E-state index contributed by atoms with van der Waals surface area (Å²) in [6.45, 7) is 3.20. The second-order valence-electron chi connectivity index (χ2n) is 8.63. The number of likely N-dealkylation sites (tertiary alicyclic amines) is 1. The highest BCUT2D eigenvalue weighted by atomic mass is 16.5. The summed E-state index contributed by atoms with van der Waals surface area (Å²) in [6.07, 6.45) is 3.31. The lowest BCUT2D eigenvalue weighted by Gasteiger charge is -2.27. The summed E-state index contributed by atoms with van der Waals surface area (Å²) in [5, 5.41) is 12.3. The van der Waals surface area contributed by atoms with Crippen molar-refractivity contribution in [2.45, 2.75) is 19.6 Å². The molecule has 1 aromatic heterocycles. The van der Waals surface area contributed by atoms with Crippen LogP contribution in [0.1, 0.15) is 21.5 Å². The molecule has 1 aliphatic rings. The number of aryl methyl sites for hydroxylation is 1. The van der Waals surface area contributed by atoms with Gasteiger partial charge in [-0.25, -0.2) is 4.79 Å². The maximum Gasteiger partial charge on any atom is 0.335 e. The van der Waals surface area contributed by atoms with Gasteiger partial charge < -0.3 is 19.6 Å². The van der Waals surface area contributed by atoms with E-state index in [4.69, 9.17) is 14.3 Å². The number of aromatic carboxylic acids is 1. The van der Waals surface area contributed by atoms with E-state index in [1.165, 1.54) is 12.1 Å². The van der Waals surface area contributed by atoms with Crippen molar-refractivity contribution in [2.24, 2.45) is 0 Å². The molecule has 3 aromatic carbocycles. The van der Waals surface area contributed by atoms with E-state index in [9.17, 15) is 9.59 Å². The quantitative estimate of drug-likeness (QED) is 0.349. The van der Waals surface area contributed by atoms with E-state index in [1.807, 2.05) is 67.1 Å². The van der Waals surface area contributed by atoms with Crippen molar-refractivity contribution in [3.63, 3.8) is 0 Å². The number of carbonyl (C=O) groups excluding carboxylic acids is 1. The van der Waals surface area contributed by atoms with Crippen molar-refractivity contribution in [1.29, 1.82) is 0 Å². The molecule has 1 atom stereocenters. The van der Waals surface area contributed by atoms with Crippen LogP contribution in [-0.2, 0) is 11.2 Å². The minimum atomic E-state index is -1.02. The van der Waals surface area contributed by atoms with Crippen LogP contribution in [0.5, 0.6) is 5.75 Å². The van der Waals surface area contributed by atoms with Gasteiger partial charge in [-0.2, -0.15) is 4.98 Å². The number of ether oxygens (including phenoxy) is 1. The number of anilines is 2. The molecule has 36 heavy (non-hydrogen) atoms. The Hall–Kier alpha value is -4.17. The number of fused-ring (bicyclic) bond motifs is 1. The fraction of sp³-hybridized carbons (Fsp3) is 0.179. The molecular formula is C28H25N3O5. The fourth-order valence-electron chi connectivity index (χ4n) is 4.08. The Labute approximate surface area is 208 Å². The molecule has 8 nitrogen and oxygen atoms in total. The van der Waals surface area contributed by atoms with E-state index >= 15 is 0 Å². The van der Waals surface area contributed by atoms with Crippen LogP contribution in [0.4, 0.5) is 11.7 Å². The summed E-state index contributed by atoms with van der Waals surface area (Å²) in [4.78, 5) is 30.9. The zero-order valence-corrected chi connectivity index (χ0v) is 19.7. The third-order valence-electron chi connectivity index (χ3n) is 6.02. The summed E-state index contributed by atoms with van der Waals surface area (Å²) < 4.78 is 11.9. The van der Waals surface area contributed by atoms with Gasteiger partial charge in [0.2, 0.25) is 6.23 Å². The molecule has 0 spiro atoms. The number of ketones is 1. The first-order chi connectivity index (χ1) is 17.5. The van der Waals surface area contributed by atoms with E-state index in [0.717, 1.165) is 16.8 Å². The third-order valence-corrected chi connectivity index (χ3v) is 6.02. The molecule has 2 radical (unpaired) electrons. The van der Waals surface area contributed by atoms with Gasteiger partial charge in [-0.15, -0.1) is 0 Å². The zero-order valence-electron chi connectivity index (χ0n) is 19.7. The monoisotopic (exact) mass is 483 g/mol. The van der Waals surface area contributed by atoms with Crippen molar-refractivity contribution in [3.05, 3.63) is 96.3 Å². The first-order valence-corrected chi connectivity index (χ1v) is 11.6. The van der Waals surface area contributed by atoms with Gasteiger partial charge in [0.1, 0.15) is 11.3 Å². The first-order valence-electron chi connectivity index (χ1n) is 11.6. The molecule has 8 heteroatoms. The van der Waals surface area contributed by atoms with E-state index in [-0.39, 0.29) is 17.8 Å². The Morgan fingerprint density at radius 3 is 2.56 bits per heavy atom. The molecule has 5 rings (SSSR count). The van der Waals surface area contributed by atoms with Crippen LogP contribution in [-0.4, -0.2) is 46.1 Å². The van der Waals surface area contributed by atoms with Crippen LogP contribution >= 0.6 is 0 Å². The fourth-order valence-corrected chi connectivity index (χ4v) is 4.08. The van der Waals surface area contributed by atoms with Gasteiger partial charge in [0, 0.05) is 25.2 Å². The van der Waals surface area contributed by atoms with E-state index in [1.54, 1.807) is 12.1 Å². The average molecular weight is 484 g/mol. The zero-order chi connectivity index (χ0) is 25.1. The lowest BCUT2D eigenvalue weighted by molar-refractivity contribution is -0.132. The Morgan fingerprint density at radius 1 is 1.08 bits per heavy atom. The predicted molar refractivity (Wildman–Crippen MR) is 135 cm³/mol. The molecule has 0 bridgehead atoms. The van der Waals surface area contributed by atoms with Crippen LogP contribution in [0.3, 0.4) is 0 Å². The number of Topliss-reactive ketones (excluding diaryl/α,β-unsaturated/α-hetero) is 1. The Bertz CT molecular complexity index is 1390. The van der Waals surface area contributed by atoms with Gasteiger partial charge in [-0.3, -0.25) is 9.69 Å². The van der Waals surface area contributed by atoms with Crippen molar-refractivity contribution < 1.29 is 23.8 Å². The van der Waals surface area contributed by atoms with Crippen LogP contribution in [0.15, 0.2) is 71.1 Å². The third kappa shape index (κ3) is 5.23. The molecular weight excluding hydrogens is 458 g/mol. The number of hydrogen-bond donors (Lipinski definition) is 2. The van der Waals surface area contributed by atoms with Gasteiger partial charge in [0.25, 0.3) is 6.01 Å². The van der Waals surface area contributed by atoms with Gasteiger partial charge in [0.05, 0.1) is 5.56 Å². The number of rotatable bonds is 9. The number of aromatic nitrogens is 1. The van der Waals surface area contributed by atoms with Crippen LogP contribution in [0.25, 0.3) is 11.1 Å². The number of nitrogens with zero attached hydrogens (tertiary/aromatic N) is 2. The normalized spacial score (nSPS) is 14.6. The number of carboxylic acids is 1. The second-order valence-corrected chi connectivity index (χ2v) is 8.63. The highest BCUT2D eigenvalue weighted by molar-refractivity contribution is 5.88. The number of carboxylic acid groups (broad SMARTS) is 1. The van der Waals surface area contributed by atoms with Gasteiger partial charge in [-0.05, 0) is 73.4 Å². The molecule has 0 amide bonds. The lowest BCUT2D eigenvalue weighted by atomic mass is 10.1. The number of para-hydroxylation sites is 1. The molecule has 1 saturated heterocycles. The molecule has 4 aromatic rings. The van der Waals surface area contributed by atoms with Crippen LogP contribution < -0.4 is 10.1 Å². The Kier molecular flexibility index (Phi) is 6.69. The number of hydrogen-bond acceptors (Lipinski definition) is 7. The maximum atomic E-state index is 13.4. The SMILES string of the molecule is Cc1ccccc1Nc1nc2ccc(CC(=O)C(Oc3ccc(C(=O)O)cc3)N3C[CH][CH]C3)cc2o1. The number of benzene rings is 3. The lowest BCUT2D eigenvalue weighted by Crippen LogP contribution is -2.44. The highest BCUT2D eigenvalue weighted by Gasteiger charge is 2.30.